The highest BCUT2D eigenvalue weighted by Crippen LogP contribution is 2.41. The highest BCUT2D eigenvalue weighted by atomic mass is 79.9. The fourth-order valence-corrected chi connectivity index (χ4v) is 3.66. The summed E-state index contributed by atoms with van der Waals surface area (Å²) in [5.74, 6) is 0.402. The minimum atomic E-state index is -3.08. The number of carbonyl (C=O) groups is 1. The van der Waals surface area contributed by atoms with Crippen LogP contribution in [0.4, 0.5) is 0 Å². The summed E-state index contributed by atoms with van der Waals surface area (Å²) in [5.41, 5.74) is -0.0713. The van der Waals surface area contributed by atoms with Crippen molar-refractivity contribution in [1.29, 1.82) is 0 Å². The van der Waals surface area contributed by atoms with Crippen LogP contribution in [0.1, 0.15) is 52.4 Å². The van der Waals surface area contributed by atoms with Crippen molar-refractivity contribution < 1.29 is 18.8 Å². The molecule has 0 bridgehead atoms. The van der Waals surface area contributed by atoms with E-state index in [0.29, 0.717) is 12.3 Å². The van der Waals surface area contributed by atoms with Crippen molar-refractivity contribution in [2.45, 2.75) is 57.4 Å². The van der Waals surface area contributed by atoms with E-state index in [0.717, 1.165) is 0 Å². The lowest BCUT2D eigenvalue weighted by atomic mass is 9.69. The SMILES string of the molecule is CC(C)(CC(=O)C(Br)O[PH](=O)O)C1CCCCC1. The predicted molar refractivity (Wildman–Crippen MR) is 75.0 cm³/mol. The Bertz CT molecular complexity index is 313. The number of hydrogen-bond acceptors (Lipinski definition) is 3. The highest BCUT2D eigenvalue weighted by molar-refractivity contribution is 9.09. The lowest BCUT2D eigenvalue weighted by Crippen LogP contribution is -2.31. The van der Waals surface area contributed by atoms with Gasteiger partial charge in [-0.25, -0.2) is 0 Å². The van der Waals surface area contributed by atoms with Crippen molar-refractivity contribution in [3.05, 3.63) is 0 Å². The van der Waals surface area contributed by atoms with Crippen LogP contribution in [0.2, 0.25) is 0 Å². The summed E-state index contributed by atoms with van der Waals surface area (Å²) in [6, 6.07) is 0. The van der Waals surface area contributed by atoms with E-state index in [-0.39, 0.29) is 11.2 Å². The standard InChI is InChI=1S/C12H22BrO4P/c1-12(2,9-6-4-3-5-7-9)8-10(14)11(13)17-18(15)16/h9,11,18H,3-8H2,1-2H3,(H,15,16). The van der Waals surface area contributed by atoms with E-state index in [2.05, 4.69) is 34.3 Å². The largest absolute Gasteiger partial charge is 0.326 e. The fourth-order valence-electron chi connectivity index (χ4n) is 2.71. The van der Waals surface area contributed by atoms with Gasteiger partial charge < -0.3 is 4.89 Å². The Hall–Kier alpha value is 0.300. The second-order valence-corrected chi connectivity index (χ2v) is 7.27. The molecule has 0 saturated heterocycles. The minimum Gasteiger partial charge on any atom is -0.326 e. The van der Waals surface area contributed by atoms with Gasteiger partial charge in [-0.1, -0.05) is 33.1 Å². The molecule has 1 aliphatic carbocycles. The van der Waals surface area contributed by atoms with Crippen molar-refractivity contribution in [2.75, 3.05) is 0 Å². The van der Waals surface area contributed by atoms with Crippen molar-refractivity contribution >= 4 is 30.0 Å². The summed E-state index contributed by atoms with van der Waals surface area (Å²) in [6.07, 6.45) is 6.48. The molecular weight excluding hydrogens is 319 g/mol. The summed E-state index contributed by atoms with van der Waals surface area (Å²) in [4.78, 5) is 20.6. The van der Waals surface area contributed by atoms with E-state index >= 15 is 0 Å². The summed E-state index contributed by atoms with van der Waals surface area (Å²) >= 11 is 3.01. The third-order valence-corrected chi connectivity index (χ3v) is 5.28. The van der Waals surface area contributed by atoms with Crippen LogP contribution in [0.3, 0.4) is 0 Å². The van der Waals surface area contributed by atoms with Crippen LogP contribution >= 0.6 is 24.2 Å². The first-order chi connectivity index (χ1) is 8.33. The van der Waals surface area contributed by atoms with E-state index in [1.807, 2.05) is 0 Å². The molecule has 18 heavy (non-hydrogen) atoms. The molecule has 1 N–H and O–H groups in total. The third-order valence-electron chi connectivity index (χ3n) is 3.80. The molecule has 0 amide bonds. The number of Topliss-reactive ketones (excluding diaryl/α,β-unsaturated/α-hetero) is 1. The average Bonchev–Trinajstić information content (AvgIpc) is 2.28. The number of halogens is 1. The first-order valence-electron chi connectivity index (χ1n) is 6.39. The Balaban J connectivity index is 2.52. The molecule has 0 heterocycles. The average molecular weight is 341 g/mol. The summed E-state index contributed by atoms with van der Waals surface area (Å²) in [5, 5.41) is -0.961. The first-order valence-corrected chi connectivity index (χ1v) is 8.57. The second kappa shape index (κ2) is 7.18. The normalized spacial score (nSPS) is 21.6. The van der Waals surface area contributed by atoms with Crippen LogP contribution in [0.5, 0.6) is 0 Å². The molecule has 106 valence electrons. The number of alkyl halides is 1. The molecule has 1 fully saturated rings. The van der Waals surface area contributed by atoms with Crippen LogP contribution in [0.15, 0.2) is 0 Å². The maximum atomic E-state index is 11.9. The van der Waals surface area contributed by atoms with Gasteiger partial charge in [0.2, 0.25) is 0 Å². The van der Waals surface area contributed by atoms with Crippen LogP contribution in [0, 0.1) is 11.3 Å². The van der Waals surface area contributed by atoms with Crippen LogP contribution in [-0.4, -0.2) is 15.7 Å². The molecular formula is C12H22BrO4P. The lowest BCUT2D eigenvalue weighted by molar-refractivity contribution is -0.125. The van der Waals surface area contributed by atoms with E-state index in [9.17, 15) is 9.36 Å². The van der Waals surface area contributed by atoms with Gasteiger partial charge in [-0.3, -0.25) is 13.9 Å². The summed E-state index contributed by atoms with van der Waals surface area (Å²) in [6.45, 7) is 4.20. The van der Waals surface area contributed by atoms with E-state index in [1.54, 1.807) is 0 Å². The minimum absolute atomic E-state index is 0.0713. The molecule has 0 spiro atoms. The van der Waals surface area contributed by atoms with Crippen LogP contribution < -0.4 is 0 Å². The molecule has 1 aliphatic rings. The number of carbonyl (C=O) groups excluding carboxylic acids is 1. The van der Waals surface area contributed by atoms with Crippen LogP contribution in [0.25, 0.3) is 0 Å². The van der Waals surface area contributed by atoms with Crippen molar-refractivity contribution in [3.8, 4) is 0 Å². The van der Waals surface area contributed by atoms with Crippen LogP contribution in [-0.2, 0) is 13.9 Å². The van der Waals surface area contributed by atoms with Crippen molar-refractivity contribution in [3.63, 3.8) is 0 Å². The molecule has 0 aromatic carbocycles. The van der Waals surface area contributed by atoms with Gasteiger partial charge >= 0.3 is 8.25 Å². The molecule has 0 aromatic heterocycles. The highest BCUT2D eigenvalue weighted by Gasteiger charge is 2.34. The summed E-state index contributed by atoms with van der Waals surface area (Å²) in [7, 11) is -3.08. The smallest absolute Gasteiger partial charge is 0.318 e. The van der Waals surface area contributed by atoms with E-state index in [1.165, 1.54) is 32.1 Å². The predicted octanol–water partition coefficient (Wildman–Crippen LogP) is 3.67. The second-order valence-electron chi connectivity index (χ2n) is 5.67. The lowest BCUT2D eigenvalue weighted by Gasteiger charge is -2.37. The van der Waals surface area contributed by atoms with Crippen molar-refractivity contribution in [2.24, 2.45) is 11.3 Å². The number of rotatable bonds is 6. The van der Waals surface area contributed by atoms with E-state index < -0.39 is 13.3 Å². The Kier molecular flexibility index (Phi) is 6.52. The molecule has 0 radical (unpaired) electrons. The Morgan fingerprint density at radius 1 is 1.44 bits per heavy atom. The van der Waals surface area contributed by atoms with Gasteiger partial charge in [0.25, 0.3) is 0 Å². The van der Waals surface area contributed by atoms with Gasteiger partial charge in [-0.15, -0.1) is 0 Å². The van der Waals surface area contributed by atoms with Gasteiger partial charge in [-0.05, 0) is 40.1 Å². The van der Waals surface area contributed by atoms with Crippen molar-refractivity contribution in [1.82, 2.24) is 0 Å². The Morgan fingerprint density at radius 2 is 2.00 bits per heavy atom. The number of ketones is 1. The molecule has 1 rings (SSSR count). The molecule has 4 nitrogen and oxygen atoms in total. The third kappa shape index (κ3) is 5.12. The zero-order valence-electron chi connectivity index (χ0n) is 10.9. The summed E-state index contributed by atoms with van der Waals surface area (Å²) < 4.78 is 15.2. The quantitative estimate of drug-likeness (QED) is 0.591. The van der Waals surface area contributed by atoms with Gasteiger partial charge in [-0.2, -0.15) is 0 Å². The monoisotopic (exact) mass is 340 g/mol. The molecule has 6 heteroatoms. The maximum absolute atomic E-state index is 11.9. The molecule has 2 unspecified atom stereocenters. The number of hydrogen-bond donors (Lipinski definition) is 1. The Morgan fingerprint density at radius 3 is 2.50 bits per heavy atom. The van der Waals surface area contributed by atoms with Gasteiger partial charge in [0, 0.05) is 6.42 Å². The van der Waals surface area contributed by atoms with E-state index in [4.69, 9.17) is 4.89 Å². The maximum Gasteiger partial charge on any atom is 0.318 e. The molecule has 0 aromatic rings. The zero-order valence-corrected chi connectivity index (χ0v) is 13.5. The first kappa shape index (κ1) is 16.4. The van der Waals surface area contributed by atoms with Gasteiger partial charge in [0.05, 0.1) is 0 Å². The Labute approximate surface area is 118 Å². The molecule has 0 aliphatic heterocycles. The molecule has 1 saturated carbocycles. The topological polar surface area (TPSA) is 63.6 Å². The fraction of sp³-hybridized carbons (Fsp3) is 0.917. The van der Waals surface area contributed by atoms with Gasteiger partial charge in [0.1, 0.15) is 0 Å². The van der Waals surface area contributed by atoms with Gasteiger partial charge in [0.15, 0.2) is 10.8 Å². The molecule has 2 atom stereocenters. The zero-order chi connectivity index (χ0) is 13.8.